The first-order valence-electron chi connectivity index (χ1n) is 7.60. The predicted octanol–water partition coefficient (Wildman–Crippen LogP) is 3.01. The van der Waals surface area contributed by atoms with E-state index in [2.05, 4.69) is 33.6 Å². The van der Waals surface area contributed by atoms with Gasteiger partial charge in [0, 0.05) is 12.2 Å². The Balaban J connectivity index is 1.93. The zero-order chi connectivity index (χ0) is 16.5. The van der Waals surface area contributed by atoms with Crippen LogP contribution in [0, 0.1) is 11.3 Å². The van der Waals surface area contributed by atoms with Crippen LogP contribution in [0.3, 0.4) is 0 Å². The van der Waals surface area contributed by atoms with Gasteiger partial charge in [0.15, 0.2) is 0 Å². The van der Waals surface area contributed by atoms with Crippen molar-refractivity contribution in [1.29, 1.82) is 5.26 Å². The first-order chi connectivity index (χ1) is 11.2. The topological polar surface area (TPSA) is 90.7 Å². The third-order valence-electron chi connectivity index (χ3n) is 3.21. The highest BCUT2D eigenvalue weighted by Crippen LogP contribution is 2.15. The molecular formula is C17H19N5O. The second kappa shape index (κ2) is 8.49. The lowest BCUT2D eigenvalue weighted by Gasteiger charge is -2.07. The molecule has 0 aliphatic heterocycles. The van der Waals surface area contributed by atoms with Gasteiger partial charge in [-0.2, -0.15) is 5.26 Å². The lowest BCUT2D eigenvalue weighted by Crippen LogP contribution is -2.25. The van der Waals surface area contributed by atoms with Crippen molar-refractivity contribution in [3.63, 3.8) is 0 Å². The second-order valence-electron chi connectivity index (χ2n) is 5.07. The van der Waals surface area contributed by atoms with Crippen molar-refractivity contribution in [2.75, 3.05) is 11.9 Å². The van der Waals surface area contributed by atoms with E-state index < -0.39 is 0 Å². The van der Waals surface area contributed by atoms with Crippen molar-refractivity contribution in [3.05, 3.63) is 47.9 Å². The standard InChI is InChI=1S/C17H19N5O/c1-2-3-4-8-19-17(23)15-11-21-16(12-20-15)22-14-7-5-6-13(9-14)10-18/h5-7,9,11-12H,2-4,8H2,1H3,(H,19,23)(H,21,22). The van der Waals surface area contributed by atoms with Gasteiger partial charge in [-0.1, -0.05) is 25.8 Å². The number of carbonyl (C=O) groups excluding carboxylic acids is 1. The summed E-state index contributed by atoms with van der Waals surface area (Å²) < 4.78 is 0. The van der Waals surface area contributed by atoms with E-state index in [4.69, 9.17) is 5.26 Å². The highest BCUT2D eigenvalue weighted by Gasteiger charge is 2.07. The molecule has 6 nitrogen and oxygen atoms in total. The van der Waals surface area contributed by atoms with Crippen LogP contribution in [-0.2, 0) is 0 Å². The summed E-state index contributed by atoms with van der Waals surface area (Å²) in [5.41, 5.74) is 1.60. The molecule has 118 valence electrons. The Morgan fingerprint density at radius 3 is 2.83 bits per heavy atom. The van der Waals surface area contributed by atoms with Crippen LogP contribution in [0.4, 0.5) is 11.5 Å². The van der Waals surface area contributed by atoms with Crippen molar-refractivity contribution < 1.29 is 4.79 Å². The molecule has 2 aromatic rings. The molecule has 2 N–H and O–H groups in total. The van der Waals surface area contributed by atoms with E-state index in [9.17, 15) is 4.79 Å². The van der Waals surface area contributed by atoms with Gasteiger partial charge < -0.3 is 10.6 Å². The van der Waals surface area contributed by atoms with Crippen LogP contribution >= 0.6 is 0 Å². The van der Waals surface area contributed by atoms with E-state index in [1.54, 1.807) is 18.2 Å². The Kier molecular flexibility index (Phi) is 6.07. The fourth-order valence-electron chi connectivity index (χ4n) is 1.99. The number of aromatic nitrogens is 2. The minimum Gasteiger partial charge on any atom is -0.351 e. The number of unbranched alkanes of at least 4 members (excludes halogenated alkanes) is 2. The molecule has 0 saturated heterocycles. The summed E-state index contributed by atoms with van der Waals surface area (Å²) >= 11 is 0. The van der Waals surface area contributed by atoms with Crippen LogP contribution in [0.5, 0.6) is 0 Å². The molecule has 0 bridgehead atoms. The van der Waals surface area contributed by atoms with E-state index in [1.165, 1.54) is 12.4 Å². The number of amides is 1. The van der Waals surface area contributed by atoms with E-state index in [0.29, 0.717) is 17.9 Å². The molecule has 6 heteroatoms. The smallest absolute Gasteiger partial charge is 0.271 e. The fourth-order valence-corrected chi connectivity index (χ4v) is 1.99. The summed E-state index contributed by atoms with van der Waals surface area (Å²) in [4.78, 5) is 20.2. The van der Waals surface area contributed by atoms with Crippen molar-refractivity contribution >= 4 is 17.4 Å². The third-order valence-corrected chi connectivity index (χ3v) is 3.21. The zero-order valence-corrected chi connectivity index (χ0v) is 13.0. The Morgan fingerprint density at radius 2 is 2.13 bits per heavy atom. The van der Waals surface area contributed by atoms with Gasteiger partial charge in [-0.15, -0.1) is 0 Å². The Labute approximate surface area is 135 Å². The number of nitrogens with zero attached hydrogens (tertiary/aromatic N) is 3. The molecule has 0 unspecified atom stereocenters. The first-order valence-corrected chi connectivity index (χ1v) is 7.60. The summed E-state index contributed by atoms with van der Waals surface area (Å²) in [7, 11) is 0. The minimum atomic E-state index is -0.216. The van der Waals surface area contributed by atoms with Crippen molar-refractivity contribution in [2.45, 2.75) is 26.2 Å². The van der Waals surface area contributed by atoms with Crippen molar-refractivity contribution in [1.82, 2.24) is 15.3 Å². The highest BCUT2D eigenvalue weighted by molar-refractivity contribution is 5.92. The quantitative estimate of drug-likeness (QED) is 0.767. The van der Waals surface area contributed by atoms with Crippen molar-refractivity contribution in [2.24, 2.45) is 0 Å². The molecule has 1 amide bonds. The Hall–Kier alpha value is -2.94. The largest absolute Gasteiger partial charge is 0.351 e. The number of nitrogens with one attached hydrogen (secondary N) is 2. The maximum atomic E-state index is 11.9. The third kappa shape index (κ3) is 5.08. The molecular weight excluding hydrogens is 290 g/mol. The van der Waals surface area contributed by atoms with Gasteiger partial charge in [-0.25, -0.2) is 9.97 Å². The molecule has 0 radical (unpaired) electrons. The van der Waals surface area contributed by atoms with Crippen LogP contribution in [0.25, 0.3) is 0 Å². The number of hydrogen-bond acceptors (Lipinski definition) is 5. The lowest BCUT2D eigenvalue weighted by molar-refractivity contribution is 0.0947. The van der Waals surface area contributed by atoms with E-state index in [1.807, 2.05) is 6.07 Å². The molecule has 2 rings (SSSR count). The van der Waals surface area contributed by atoms with Crippen molar-refractivity contribution in [3.8, 4) is 6.07 Å². The molecule has 1 heterocycles. The van der Waals surface area contributed by atoms with Gasteiger partial charge in [0.2, 0.25) is 0 Å². The van der Waals surface area contributed by atoms with Gasteiger partial charge in [0.25, 0.3) is 5.91 Å². The monoisotopic (exact) mass is 309 g/mol. The van der Waals surface area contributed by atoms with Gasteiger partial charge in [0.1, 0.15) is 11.5 Å². The normalized spacial score (nSPS) is 9.91. The van der Waals surface area contributed by atoms with Gasteiger partial charge in [0.05, 0.1) is 24.0 Å². The van der Waals surface area contributed by atoms with Gasteiger partial charge in [-0.05, 0) is 24.6 Å². The number of carbonyl (C=O) groups is 1. The van der Waals surface area contributed by atoms with Crippen LogP contribution in [0.1, 0.15) is 42.2 Å². The molecule has 0 spiro atoms. The first kappa shape index (κ1) is 16.4. The summed E-state index contributed by atoms with van der Waals surface area (Å²) in [6.07, 6.45) is 6.11. The lowest BCUT2D eigenvalue weighted by atomic mass is 10.2. The molecule has 0 aliphatic carbocycles. The number of rotatable bonds is 7. The van der Waals surface area contributed by atoms with Gasteiger partial charge >= 0.3 is 0 Å². The maximum absolute atomic E-state index is 11.9. The average Bonchev–Trinajstić information content (AvgIpc) is 2.59. The molecule has 1 aromatic heterocycles. The zero-order valence-electron chi connectivity index (χ0n) is 13.0. The second-order valence-corrected chi connectivity index (χ2v) is 5.07. The van der Waals surface area contributed by atoms with E-state index in [0.717, 1.165) is 24.9 Å². The van der Waals surface area contributed by atoms with Gasteiger partial charge in [-0.3, -0.25) is 4.79 Å². The van der Waals surface area contributed by atoms with E-state index in [-0.39, 0.29) is 11.6 Å². The molecule has 23 heavy (non-hydrogen) atoms. The molecule has 1 aromatic carbocycles. The summed E-state index contributed by atoms with van der Waals surface area (Å²) in [6, 6.07) is 9.13. The number of hydrogen-bond donors (Lipinski definition) is 2. The number of nitriles is 1. The SMILES string of the molecule is CCCCCNC(=O)c1cnc(Nc2cccc(C#N)c2)cn1. The molecule has 0 fully saturated rings. The fraction of sp³-hybridized carbons (Fsp3) is 0.294. The van der Waals surface area contributed by atoms with Crippen LogP contribution < -0.4 is 10.6 Å². The Morgan fingerprint density at radius 1 is 1.26 bits per heavy atom. The summed E-state index contributed by atoms with van der Waals surface area (Å²) in [6.45, 7) is 2.76. The van der Waals surface area contributed by atoms with E-state index >= 15 is 0 Å². The predicted molar refractivity (Wildman–Crippen MR) is 88.3 cm³/mol. The van der Waals surface area contributed by atoms with Crippen LogP contribution in [-0.4, -0.2) is 22.4 Å². The highest BCUT2D eigenvalue weighted by atomic mass is 16.1. The minimum absolute atomic E-state index is 0.216. The number of benzene rings is 1. The Bertz CT molecular complexity index is 691. The van der Waals surface area contributed by atoms with Crippen LogP contribution in [0.2, 0.25) is 0 Å². The summed E-state index contributed by atoms with van der Waals surface area (Å²) in [5.74, 6) is 0.300. The number of anilines is 2. The average molecular weight is 309 g/mol. The maximum Gasteiger partial charge on any atom is 0.271 e. The van der Waals surface area contributed by atoms with Crippen LogP contribution in [0.15, 0.2) is 36.7 Å². The molecule has 0 aliphatic rings. The molecule has 0 atom stereocenters. The summed E-state index contributed by atoms with van der Waals surface area (Å²) in [5, 5.41) is 14.7. The molecule has 0 saturated carbocycles.